The molecule has 3 N–H and O–H groups in total. The summed E-state index contributed by atoms with van der Waals surface area (Å²) in [5.41, 5.74) is 1.97. The molecule has 3 rings (SSSR count). The Morgan fingerprint density at radius 2 is 2.06 bits per heavy atom. The van der Waals surface area contributed by atoms with Gasteiger partial charge in [0.25, 0.3) is 0 Å². The highest BCUT2D eigenvalue weighted by molar-refractivity contribution is 5.47. The quantitative estimate of drug-likeness (QED) is 0.734. The van der Waals surface area contributed by atoms with Crippen LogP contribution in [0.3, 0.4) is 0 Å². The second kappa shape index (κ2) is 5.10. The Labute approximate surface area is 106 Å². The van der Waals surface area contributed by atoms with E-state index in [1.807, 2.05) is 0 Å². The Bertz CT molecular complexity index is 476. The maximum absolute atomic E-state index is 11.6. The molecule has 1 aliphatic heterocycles. The van der Waals surface area contributed by atoms with Gasteiger partial charge >= 0.3 is 5.69 Å². The first-order chi connectivity index (χ1) is 8.83. The predicted molar refractivity (Wildman–Crippen MR) is 70.8 cm³/mol. The molecule has 98 valence electrons. The van der Waals surface area contributed by atoms with Crippen molar-refractivity contribution in [2.45, 2.75) is 51.1 Å². The molecule has 0 saturated heterocycles. The number of aromatic amines is 1. The summed E-state index contributed by atoms with van der Waals surface area (Å²) in [7, 11) is 0. The molecule has 0 radical (unpaired) electrons. The monoisotopic (exact) mass is 248 g/mol. The maximum atomic E-state index is 11.6. The van der Waals surface area contributed by atoms with E-state index in [-0.39, 0.29) is 5.69 Å². The summed E-state index contributed by atoms with van der Waals surface area (Å²) >= 11 is 0. The zero-order valence-corrected chi connectivity index (χ0v) is 10.6. The van der Waals surface area contributed by atoms with E-state index in [4.69, 9.17) is 0 Å². The summed E-state index contributed by atoms with van der Waals surface area (Å²) in [5, 5.41) is 6.81. The van der Waals surface area contributed by atoms with Crippen LogP contribution in [0.2, 0.25) is 0 Å². The van der Waals surface area contributed by atoms with Gasteiger partial charge in [0, 0.05) is 36.8 Å². The minimum Gasteiger partial charge on any atom is -0.367 e. The Hall–Kier alpha value is -1.36. The molecule has 0 atom stereocenters. The summed E-state index contributed by atoms with van der Waals surface area (Å²) in [6.07, 6.45) is 7.16. The van der Waals surface area contributed by atoms with Crippen molar-refractivity contribution in [1.82, 2.24) is 15.3 Å². The van der Waals surface area contributed by atoms with Crippen LogP contribution in [0.15, 0.2) is 4.79 Å². The van der Waals surface area contributed by atoms with E-state index in [2.05, 4.69) is 20.6 Å². The van der Waals surface area contributed by atoms with Gasteiger partial charge in [0.2, 0.25) is 0 Å². The number of H-pyrrole nitrogens is 1. The fraction of sp³-hybridized carbons (Fsp3) is 0.692. The van der Waals surface area contributed by atoms with E-state index in [0.717, 1.165) is 36.6 Å². The van der Waals surface area contributed by atoms with Gasteiger partial charge in [-0.1, -0.05) is 19.3 Å². The fourth-order valence-electron chi connectivity index (χ4n) is 2.93. The maximum Gasteiger partial charge on any atom is 0.347 e. The first kappa shape index (κ1) is 11.7. The molecule has 1 saturated carbocycles. The molecule has 1 aromatic rings. The number of rotatable bonds is 2. The van der Waals surface area contributed by atoms with Crippen molar-refractivity contribution in [2.24, 2.45) is 0 Å². The van der Waals surface area contributed by atoms with E-state index in [1.54, 1.807) is 0 Å². The lowest BCUT2D eigenvalue weighted by Crippen LogP contribution is -2.32. The van der Waals surface area contributed by atoms with Crippen LogP contribution in [-0.2, 0) is 13.0 Å². The van der Waals surface area contributed by atoms with E-state index in [9.17, 15) is 4.79 Å². The summed E-state index contributed by atoms with van der Waals surface area (Å²) in [6.45, 7) is 1.73. The van der Waals surface area contributed by atoms with Crippen LogP contribution in [0.5, 0.6) is 0 Å². The van der Waals surface area contributed by atoms with Crippen LogP contribution in [0.25, 0.3) is 0 Å². The van der Waals surface area contributed by atoms with Crippen molar-refractivity contribution in [2.75, 3.05) is 11.9 Å². The van der Waals surface area contributed by atoms with Crippen LogP contribution in [0.1, 0.15) is 43.4 Å². The molecule has 1 aliphatic carbocycles. The van der Waals surface area contributed by atoms with Crippen molar-refractivity contribution in [3.63, 3.8) is 0 Å². The summed E-state index contributed by atoms with van der Waals surface area (Å²) in [4.78, 5) is 18.6. The standard InChI is InChI=1S/C13H20N4O/c18-13-16-11-6-7-14-8-10(11)12(17-13)15-9-4-2-1-3-5-9/h9,14H,1-8H2,(H2,15,16,17,18). The fourth-order valence-corrected chi connectivity index (χ4v) is 2.93. The van der Waals surface area contributed by atoms with E-state index < -0.39 is 0 Å². The molecule has 2 aliphatic rings. The lowest BCUT2D eigenvalue weighted by atomic mass is 9.95. The lowest BCUT2D eigenvalue weighted by Gasteiger charge is -2.26. The molecule has 18 heavy (non-hydrogen) atoms. The number of nitrogens with zero attached hydrogens (tertiary/aromatic N) is 1. The van der Waals surface area contributed by atoms with Crippen LogP contribution in [-0.4, -0.2) is 22.6 Å². The molecule has 1 fully saturated rings. The molecular formula is C13H20N4O. The number of fused-ring (bicyclic) bond motifs is 1. The number of aromatic nitrogens is 2. The van der Waals surface area contributed by atoms with Crippen molar-refractivity contribution in [3.8, 4) is 0 Å². The van der Waals surface area contributed by atoms with E-state index >= 15 is 0 Å². The van der Waals surface area contributed by atoms with Crippen molar-refractivity contribution >= 4 is 5.82 Å². The van der Waals surface area contributed by atoms with Gasteiger partial charge in [-0.05, 0) is 12.8 Å². The average Bonchev–Trinajstić information content (AvgIpc) is 2.40. The zero-order chi connectivity index (χ0) is 12.4. The molecule has 5 nitrogen and oxygen atoms in total. The normalized spacial score (nSPS) is 20.4. The van der Waals surface area contributed by atoms with E-state index in [1.165, 1.54) is 32.1 Å². The minimum atomic E-state index is -0.228. The third kappa shape index (κ3) is 2.41. The Balaban J connectivity index is 1.85. The number of hydrogen-bond donors (Lipinski definition) is 3. The third-order valence-corrected chi connectivity index (χ3v) is 3.92. The Morgan fingerprint density at radius 1 is 1.22 bits per heavy atom. The zero-order valence-electron chi connectivity index (χ0n) is 10.6. The predicted octanol–water partition coefficient (Wildman–Crippen LogP) is 1.16. The highest BCUT2D eigenvalue weighted by atomic mass is 16.1. The second-order valence-electron chi connectivity index (χ2n) is 5.25. The van der Waals surface area contributed by atoms with E-state index in [0.29, 0.717) is 6.04 Å². The van der Waals surface area contributed by atoms with Gasteiger partial charge < -0.3 is 15.6 Å². The number of anilines is 1. The molecule has 0 bridgehead atoms. The van der Waals surface area contributed by atoms with Gasteiger partial charge in [0.1, 0.15) is 5.82 Å². The lowest BCUT2D eigenvalue weighted by molar-refractivity contribution is 0.460. The molecular weight excluding hydrogens is 228 g/mol. The molecule has 0 spiro atoms. The molecule has 5 heteroatoms. The summed E-state index contributed by atoms with van der Waals surface area (Å²) < 4.78 is 0. The third-order valence-electron chi connectivity index (χ3n) is 3.92. The van der Waals surface area contributed by atoms with Gasteiger partial charge in [0.05, 0.1) is 0 Å². The second-order valence-corrected chi connectivity index (χ2v) is 5.25. The molecule has 1 aromatic heterocycles. The van der Waals surface area contributed by atoms with Crippen LogP contribution in [0, 0.1) is 0 Å². The van der Waals surface area contributed by atoms with Crippen molar-refractivity contribution in [3.05, 3.63) is 21.7 Å². The Kier molecular flexibility index (Phi) is 3.32. The highest BCUT2D eigenvalue weighted by Gasteiger charge is 2.19. The van der Waals surface area contributed by atoms with Crippen molar-refractivity contribution < 1.29 is 0 Å². The van der Waals surface area contributed by atoms with Crippen LogP contribution < -0.4 is 16.3 Å². The van der Waals surface area contributed by atoms with Gasteiger partial charge in [-0.25, -0.2) is 4.79 Å². The van der Waals surface area contributed by atoms with Crippen LogP contribution in [0.4, 0.5) is 5.82 Å². The molecule has 0 unspecified atom stereocenters. The summed E-state index contributed by atoms with van der Waals surface area (Å²) in [6, 6.07) is 0.485. The van der Waals surface area contributed by atoms with Gasteiger partial charge in [-0.2, -0.15) is 4.98 Å². The first-order valence-electron chi connectivity index (χ1n) is 6.92. The highest BCUT2D eigenvalue weighted by Crippen LogP contribution is 2.23. The SMILES string of the molecule is O=c1nc(NC2CCCCC2)c2c([nH]1)CCNC2. The van der Waals surface area contributed by atoms with Gasteiger partial charge in [-0.3, -0.25) is 0 Å². The first-order valence-corrected chi connectivity index (χ1v) is 6.92. The number of nitrogens with one attached hydrogen (secondary N) is 3. The molecule has 2 heterocycles. The average molecular weight is 248 g/mol. The van der Waals surface area contributed by atoms with Gasteiger partial charge in [0.15, 0.2) is 0 Å². The topological polar surface area (TPSA) is 69.8 Å². The molecule has 0 amide bonds. The molecule has 0 aromatic carbocycles. The van der Waals surface area contributed by atoms with Crippen LogP contribution >= 0.6 is 0 Å². The Morgan fingerprint density at radius 3 is 2.89 bits per heavy atom. The largest absolute Gasteiger partial charge is 0.367 e. The van der Waals surface area contributed by atoms with Crippen molar-refractivity contribution in [1.29, 1.82) is 0 Å². The number of hydrogen-bond acceptors (Lipinski definition) is 4. The minimum absolute atomic E-state index is 0.228. The summed E-state index contributed by atoms with van der Waals surface area (Å²) in [5.74, 6) is 0.799. The van der Waals surface area contributed by atoms with Gasteiger partial charge in [-0.15, -0.1) is 0 Å². The smallest absolute Gasteiger partial charge is 0.347 e.